The summed E-state index contributed by atoms with van der Waals surface area (Å²) in [5.74, 6) is -0.148. The van der Waals surface area contributed by atoms with Gasteiger partial charge in [-0.2, -0.15) is 0 Å². The fourth-order valence-corrected chi connectivity index (χ4v) is 5.08. The Balaban J connectivity index is 1.43. The van der Waals surface area contributed by atoms with E-state index in [4.69, 9.17) is 0 Å². The summed E-state index contributed by atoms with van der Waals surface area (Å²) in [5, 5.41) is 3.51. The van der Waals surface area contributed by atoms with E-state index in [1.54, 1.807) is 6.08 Å². The summed E-state index contributed by atoms with van der Waals surface area (Å²) in [5.41, 5.74) is 1.51. The van der Waals surface area contributed by atoms with Crippen molar-refractivity contribution < 1.29 is 8.78 Å². The van der Waals surface area contributed by atoms with Gasteiger partial charge in [-0.25, -0.2) is 8.78 Å². The van der Waals surface area contributed by atoms with Crippen LogP contribution in [0.4, 0.5) is 8.78 Å². The molecule has 1 aromatic carbocycles. The van der Waals surface area contributed by atoms with Crippen LogP contribution >= 0.6 is 0 Å². The normalized spacial score (nSPS) is 23.3. The average molecular weight is 391 g/mol. The van der Waals surface area contributed by atoms with Gasteiger partial charge in [0.05, 0.1) is 0 Å². The first-order valence-corrected chi connectivity index (χ1v) is 11.1. The van der Waals surface area contributed by atoms with Crippen molar-refractivity contribution in [3.8, 4) is 0 Å². The van der Waals surface area contributed by atoms with E-state index in [1.165, 1.54) is 70.0 Å². The molecule has 2 atom stereocenters. The minimum absolute atomic E-state index is 0.448. The topological polar surface area (TPSA) is 15.3 Å². The Labute approximate surface area is 169 Å². The first kappa shape index (κ1) is 21.4. The van der Waals surface area contributed by atoms with E-state index in [1.807, 2.05) is 6.92 Å². The number of benzene rings is 1. The Bertz CT molecular complexity index is 652. The van der Waals surface area contributed by atoms with E-state index in [0.29, 0.717) is 11.6 Å². The lowest BCUT2D eigenvalue weighted by atomic mass is 9.83. The molecule has 1 N–H and O–H groups in total. The summed E-state index contributed by atoms with van der Waals surface area (Å²) in [7, 11) is 0. The number of halogens is 2. The molecular weight excluding hydrogens is 354 g/mol. The molecule has 1 aromatic rings. The zero-order valence-corrected chi connectivity index (χ0v) is 17.5. The average Bonchev–Trinajstić information content (AvgIpc) is 3.16. The van der Waals surface area contributed by atoms with E-state index in [2.05, 4.69) is 17.1 Å². The van der Waals surface area contributed by atoms with Gasteiger partial charge < -0.3 is 5.32 Å². The zero-order valence-electron chi connectivity index (χ0n) is 17.5. The van der Waals surface area contributed by atoms with Gasteiger partial charge in [0, 0.05) is 30.3 Å². The molecule has 2 fully saturated rings. The molecule has 2 nitrogen and oxygen atoms in total. The molecule has 1 aliphatic carbocycles. The van der Waals surface area contributed by atoms with Crippen LogP contribution in [0.2, 0.25) is 0 Å². The van der Waals surface area contributed by atoms with E-state index in [9.17, 15) is 8.78 Å². The van der Waals surface area contributed by atoms with Gasteiger partial charge in [-0.3, -0.25) is 4.90 Å². The highest BCUT2D eigenvalue weighted by atomic mass is 19.1. The summed E-state index contributed by atoms with van der Waals surface area (Å²) in [6.07, 6.45) is 12.7. The molecule has 28 heavy (non-hydrogen) atoms. The van der Waals surface area contributed by atoms with Crippen LogP contribution in [0.1, 0.15) is 70.8 Å². The van der Waals surface area contributed by atoms with Gasteiger partial charge in [-0.15, -0.1) is 0 Å². The predicted molar refractivity (Wildman–Crippen MR) is 113 cm³/mol. The third-order valence-electron chi connectivity index (χ3n) is 6.70. The Morgan fingerprint density at radius 1 is 1.18 bits per heavy atom. The van der Waals surface area contributed by atoms with Crippen LogP contribution < -0.4 is 5.32 Å². The first-order valence-electron chi connectivity index (χ1n) is 11.1. The lowest BCUT2D eigenvalue weighted by Crippen LogP contribution is -2.43. The van der Waals surface area contributed by atoms with Gasteiger partial charge in [0.1, 0.15) is 11.6 Å². The summed E-state index contributed by atoms with van der Waals surface area (Å²) >= 11 is 0. The number of likely N-dealkylation sites (tertiary alicyclic amines) is 1. The molecule has 0 radical (unpaired) electrons. The maximum atomic E-state index is 13.8. The molecule has 1 aliphatic heterocycles. The Hall–Kier alpha value is -1.26. The Morgan fingerprint density at radius 3 is 2.71 bits per heavy atom. The van der Waals surface area contributed by atoms with Crippen LogP contribution in [0.5, 0.6) is 0 Å². The third-order valence-corrected chi connectivity index (χ3v) is 6.70. The molecule has 1 saturated carbocycles. The molecule has 2 aliphatic rings. The fraction of sp³-hybridized carbons (Fsp3) is 0.667. The zero-order chi connectivity index (χ0) is 19.9. The molecule has 0 aromatic heterocycles. The van der Waals surface area contributed by atoms with E-state index < -0.39 is 11.6 Å². The van der Waals surface area contributed by atoms with Crippen LogP contribution in [0.25, 0.3) is 6.08 Å². The van der Waals surface area contributed by atoms with Crippen molar-refractivity contribution in [3.05, 3.63) is 41.0 Å². The van der Waals surface area contributed by atoms with Gasteiger partial charge in [0.2, 0.25) is 0 Å². The highest BCUT2D eigenvalue weighted by molar-refractivity contribution is 5.53. The number of nitrogens with zero attached hydrogens (tertiary/aromatic N) is 1. The van der Waals surface area contributed by atoms with Gasteiger partial charge >= 0.3 is 0 Å². The smallest absolute Gasteiger partial charge is 0.133 e. The van der Waals surface area contributed by atoms with Gasteiger partial charge in [0.15, 0.2) is 0 Å². The van der Waals surface area contributed by atoms with Crippen LogP contribution in [-0.4, -0.2) is 36.6 Å². The summed E-state index contributed by atoms with van der Waals surface area (Å²) in [4.78, 5) is 2.77. The SMILES string of the molecule is C/C(=C\c1ccc(F)cc1F)CNCCC1CCCN1C(C)C1CCCCC1. The fourth-order valence-electron chi connectivity index (χ4n) is 5.08. The van der Waals surface area contributed by atoms with Crippen molar-refractivity contribution in [2.45, 2.75) is 77.3 Å². The summed E-state index contributed by atoms with van der Waals surface area (Å²) in [6.45, 7) is 7.41. The Kier molecular flexibility index (Phi) is 8.04. The van der Waals surface area contributed by atoms with Crippen molar-refractivity contribution in [3.63, 3.8) is 0 Å². The van der Waals surface area contributed by atoms with Crippen LogP contribution in [0.15, 0.2) is 23.8 Å². The predicted octanol–water partition coefficient (Wildman–Crippen LogP) is 5.78. The van der Waals surface area contributed by atoms with E-state index >= 15 is 0 Å². The molecule has 0 amide bonds. The molecule has 1 saturated heterocycles. The standard InChI is InChI=1S/C24H36F2N2/c1-18(15-21-10-11-22(25)16-24(21)26)17-27-13-12-23-9-6-14-28(23)19(2)20-7-4-3-5-8-20/h10-11,15-16,19-20,23,27H,3-9,12-14,17H2,1-2H3/b18-15+. The van der Waals surface area contributed by atoms with Crippen molar-refractivity contribution in [1.29, 1.82) is 0 Å². The molecule has 0 bridgehead atoms. The maximum Gasteiger partial charge on any atom is 0.133 e. The minimum atomic E-state index is -0.533. The van der Waals surface area contributed by atoms with Gasteiger partial charge in [0.25, 0.3) is 0 Å². The monoisotopic (exact) mass is 390 g/mol. The summed E-state index contributed by atoms with van der Waals surface area (Å²) in [6, 6.07) is 5.16. The summed E-state index contributed by atoms with van der Waals surface area (Å²) < 4.78 is 26.8. The minimum Gasteiger partial charge on any atom is -0.313 e. The number of rotatable bonds is 8. The molecular formula is C24H36F2N2. The second-order valence-corrected chi connectivity index (χ2v) is 8.79. The van der Waals surface area contributed by atoms with Crippen molar-refractivity contribution in [1.82, 2.24) is 10.2 Å². The van der Waals surface area contributed by atoms with Gasteiger partial charge in [-0.05, 0) is 77.1 Å². The highest BCUT2D eigenvalue weighted by Crippen LogP contribution is 2.33. The van der Waals surface area contributed by atoms with Crippen LogP contribution in [0.3, 0.4) is 0 Å². The van der Waals surface area contributed by atoms with Gasteiger partial charge in [-0.1, -0.05) is 30.9 Å². The van der Waals surface area contributed by atoms with Crippen molar-refractivity contribution in [2.75, 3.05) is 19.6 Å². The second-order valence-electron chi connectivity index (χ2n) is 8.79. The van der Waals surface area contributed by atoms with Crippen molar-refractivity contribution in [2.24, 2.45) is 5.92 Å². The molecule has 2 unspecified atom stereocenters. The molecule has 4 heteroatoms. The molecule has 0 spiro atoms. The lowest BCUT2D eigenvalue weighted by Gasteiger charge is -2.38. The van der Waals surface area contributed by atoms with E-state index in [0.717, 1.165) is 36.7 Å². The quantitative estimate of drug-likeness (QED) is 0.566. The second kappa shape index (κ2) is 10.5. The Morgan fingerprint density at radius 2 is 1.96 bits per heavy atom. The highest BCUT2D eigenvalue weighted by Gasteiger charge is 2.32. The number of hydrogen-bond donors (Lipinski definition) is 1. The molecule has 1 heterocycles. The molecule has 156 valence electrons. The molecule has 3 rings (SSSR count). The van der Waals surface area contributed by atoms with Crippen LogP contribution in [-0.2, 0) is 0 Å². The van der Waals surface area contributed by atoms with Crippen LogP contribution in [0, 0.1) is 17.6 Å². The third kappa shape index (κ3) is 5.87. The van der Waals surface area contributed by atoms with Crippen molar-refractivity contribution >= 4 is 6.08 Å². The lowest BCUT2D eigenvalue weighted by molar-refractivity contribution is 0.113. The number of hydrogen-bond acceptors (Lipinski definition) is 2. The van der Waals surface area contributed by atoms with E-state index in [-0.39, 0.29) is 0 Å². The first-order chi connectivity index (χ1) is 13.5. The maximum absolute atomic E-state index is 13.8. The number of nitrogens with one attached hydrogen (secondary N) is 1. The largest absolute Gasteiger partial charge is 0.313 e.